The highest BCUT2D eigenvalue weighted by Gasteiger charge is 2.33. The standard InChI is InChI=1S/C16H23N3O4/c1-16(2,11-20)17-14(21)10-18-8-9-19(15(18)22)12-6-4-5-7-13(12)23-3/h4-7,20H,8-11H2,1-3H3,(H,17,21). The first-order valence-electron chi connectivity index (χ1n) is 7.49. The zero-order valence-corrected chi connectivity index (χ0v) is 13.7. The number of hydrogen-bond acceptors (Lipinski definition) is 4. The number of aliphatic hydroxyl groups is 1. The average Bonchev–Trinajstić information content (AvgIpc) is 2.87. The molecule has 1 heterocycles. The second-order valence-electron chi connectivity index (χ2n) is 6.12. The number of ether oxygens (including phenoxy) is 1. The fourth-order valence-corrected chi connectivity index (χ4v) is 2.44. The van der Waals surface area contributed by atoms with Gasteiger partial charge in [-0.25, -0.2) is 4.79 Å². The SMILES string of the molecule is COc1ccccc1N1CCN(CC(=O)NC(C)(C)CO)C1=O. The second-order valence-corrected chi connectivity index (χ2v) is 6.12. The van der Waals surface area contributed by atoms with Gasteiger partial charge in [0.2, 0.25) is 5.91 Å². The number of nitrogens with zero attached hydrogens (tertiary/aromatic N) is 2. The lowest BCUT2D eigenvalue weighted by molar-refractivity contribution is -0.123. The minimum atomic E-state index is -0.706. The first-order chi connectivity index (χ1) is 10.9. The first kappa shape index (κ1) is 17.1. The summed E-state index contributed by atoms with van der Waals surface area (Å²) < 4.78 is 5.28. The van der Waals surface area contributed by atoms with Crippen molar-refractivity contribution in [2.45, 2.75) is 19.4 Å². The number of anilines is 1. The molecule has 1 fully saturated rings. The molecule has 7 heteroatoms. The van der Waals surface area contributed by atoms with Gasteiger partial charge in [0.15, 0.2) is 0 Å². The maximum atomic E-state index is 12.5. The molecule has 0 aromatic heterocycles. The summed E-state index contributed by atoms with van der Waals surface area (Å²) in [5.41, 5.74) is -0.0130. The van der Waals surface area contributed by atoms with Gasteiger partial charge in [-0.2, -0.15) is 0 Å². The van der Waals surface area contributed by atoms with Gasteiger partial charge in [0.25, 0.3) is 0 Å². The number of nitrogens with one attached hydrogen (secondary N) is 1. The fourth-order valence-electron chi connectivity index (χ4n) is 2.44. The maximum Gasteiger partial charge on any atom is 0.325 e. The Morgan fingerprint density at radius 3 is 2.70 bits per heavy atom. The number of benzene rings is 1. The number of para-hydroxylation sites is 2. The van der Waals surface area contributed by atoms with Crippen LogP contribution in [-0.2, 0) is 4.79 Å². The lowest BCUT2D eigenvalue weighted by Gasteiger charge is -2.25. The highest BCUT2D eigenvalue weighted by atomic mass is 16.5. The Labute approximate surface area is 135 Å². The lowest BCUT2D eigenvalue weighted by Crippen LogP contribution is -2.50. The van der Waals surface area contributed by atoms with Crippen LogP contribution in [0.3, 0.4) is 0 Å². The molecule has 23 heavy (non-hydrogen) atoms. The van der Waals surface area contributed by atoms with Gasteiger partial charge < -0.3 is 20.1 Å². The van der Waals surface area contributed by atoms with Crippen molar-refractivity contribution < 1.29 is 19.4 Å². The van der Waals surface area contributed by atoms with Crippen LogP contribution in [0.4, 0.5) is 10.5 Å². The van der Waals surface area contributed by atoms with E-state index in [4.69, 9.17) is 4.74 Å². The van der Waals surface area contributed by atoms with E-state index in [1.807, 2.05) is 18.2 Å². The van der Waals surface area contributed by atoms with Gasteiger partial charge in [-0.3, -0.25) is 9.69 Å². The first-order valence-corrected chi connectivity index (χ1v) is 7.49. The topological polar surface area (TPSA) is 82.1 Å². The number of aliphatic hydroxyl groups excluding tert-OH is 1. The van der Waals surface area contributed by atoms with E-state index in [2.05, 4.69) is 5.32 Å². The van der Waals surface area contributed by atoms with Gasteiger partial charge >= 0.3 is 6.03 Å². The van der Waals surface area contributed by atoms with Crippen molar-refractivity contribution in [2.24, 2.45) is 0 Å². The van der Waals surface area contributed by atoms with Crippen LogP contribution in [0.5, 0.6) is 5.75 Å². The third kappa shape index (κ3) is 3.92. The van der Waals surface area contributed by atoms with Crippen LogP contribution < -0.4 is 15.0 Å². The number of rotatable bonds is 6. The molecule has 1 aromatic rings. The Hall–Kier alpha value is -2.28. The van der Waals surface area contributed by atoms with Crippen LogP contribution in [-0.4, -0.2) is 60.8 Å². The molecule has 0 aliphatic carbocycles. The number of hydrogen-bond donors (Lipinski definition) is 2. The van der Waals surface area contributed by atoms with E-state index in [0.717, 1.165) is 0 Å². The highest BCUT2D eigenvalue weighted by Crippen LogP contribution is 2.30. The van der Waals surface area contributed by atoms with Crippen LogP contribution in [0.25, 0.3) is 0 Å². The van der Waals surface area contributed by atoms with E-state index in [9.17, 15) is 14.7 Å². The molecule has 0 bridgehead atoms. The Morgan fingerprint density at radius 2 is 2.04 bits per heavy atom. The predicted molar refractivity (Wildman–Crippen MR) is 86.6 cm³/mol. The fraction of sp³-hybridized carbons (Fsp3) is 0.500. The minimum Gasteiger partial charge on any atom is -0.495 e. The predicted octanol–water partition coefficient (Wildman–Crippen LogP) is 0.824. The van der Waals surface area contributed by atoms with Crippen LogP contribution >= 0.6 is 0 Å². The molecule has 1 aliphatic heterocycles. The Balaban J connectivity index is 2.03. The van der Waals surface area contributed by atoms with Crippen molar-refractivity contribution in [3.63, 3.8) is 0 Å². The van der Waals surface area contributed by atoms with Crippen LogP contribution in [0.2, 0.25) is 0 Å². The average molecular weight is 321 g/mol. The molecule has 1 aliphatic rings. The monoisotopic (exact) mass is 321 g/mol. The molecule has 1 saturated heterocycles. The zero-order chi connectivity index (χ0) is 17.0. The number of urea groups is 1. The van der Waals surface area contributed by atoms with Gasteiger partial charge in [-0.15, -0.1) is 0 Å². The Morgan fingerprint density at radius 1 is 1.35 bits per heavy atom. The molecule has 126 valence electrons. The van der Waals surface area contributed by atoms with E-state index in [1.165, 1.54) is 4.90 Å². The third-order valence-electron chi connectivity index (χ3n) is 3.68. The molecule has 0 spiro atoms. The van der Waals surface area contributed by atoms with Crippen molar-refractivity contribution in [1.29, 1.82) is 0 Å². The number of methoxy groups -OCH3 is 1. The van der Waals surface area contributed by atoms with E-state index in [0.29, 0.717) is 24.5 Å². The third-order valence-corrected chi connectivity index (χ3v) is 3.68. The van der Waals surface area contributed by atoms with Crippen LogP contribution in [0.1, 0.15) is 13.8 Å². The molecule has 0 unspecified atom stereocenters. The zero-order valence-electron chi connectivity index (χ0n) is 13.7. The quantitative estimate of drug-likeness (QED) is 0.813. The van der Waals surface area contributed by atoms with E-state index in [-0.39, 0.29) is 25.1 Å². The molecular weight excluding hydrogens is 298 g/mol. The molecule has 1 aromatic carbocycles. The van der Waals surface area contributed by atoms with Crippen molar-refractivity contribution in [3.05, 3.63) is 24.3 Å². The Bertz CT molecular complexity index is 588. The number of carbonyl (C=O) groups is 2. The molecule has 7 nitrogen and oxygen atoms in total. The van der Waals surface area contributed by atoms with E-state index >= 15 is 0 Å². The second kappa shape index (κ2) is 6.87. The molecule has 0 saturated carbocycles. The minimum absolute atomic E-state index is 0.0338. The summed E-state index contributed by atoms with van der Waals surface area (Å²) in [6.07, 6.45) is 0. The maximum absolute atomic E-state index is 12.5. The molecular formula is C16H23N3O4. The highest BCUT2D eigenvalue weighted by molar-refractivity contribution is 5.97. The van der Waals surface area contributed by atoms with Gasteiger partial charge in [0.1, 0.15) is 12.3 Å². The van der Waals surface area contributed by atoms with Crippen LogP contribution in [0.15, 0.2) is 24.3 Å². The summed E-state index contributed by atoms with van der Waals surface area (Å²) in [6.45, 7) is 4.20. The van der Waals surface area contributed by atoms with Gasteiger partial charge in [0, 0.05) is 13.1 Å². The summed E-state index contributed by atoms with van der Waals surface area (Å²) in [7, 11) is 1.56. The molecule has 2 rings (SSSR count). The van der Waals surface area contributed by atoms with Crippen molar-refractivity contribution in [2.75, 3.05) is 38.3 Å². The van der Waals surface area contributed by atoms with E-state index < -0.39 is 5.54 Å². The largest absolute Gasteiger partial charge is 0.495 e. The number of carbonyl (C=O) groups excluding carboxylic acids is 2. The summed E-state index contributed by atoms with van der Waals surface area (Å²) >= 11 is 0. The smallest absolute Gasteiger partial charge is 0.325 e. The van der Waals surface area contributed by atoms with Gasteiger partial charge in [0.05, 0.1) is 24.9 Å². The van der Waals surface area contributed by atoms with Crippen LogP contribution in [0, 0.1) is 0 Å². The lowest BCUT2D eigenvalue weighted by atomic mass is 10.1. The summed E-state index contributed by atoms with van der Waals surface area (Å²) in [5.74, 6) is 0.327. The van der Waals surface area contributed by atoms with E-state index in [1.54, 1.807) is 31.9 Å². The van der Waals surface area contributed by atoms with Gasteiger partial charge in [-0.05, 0) is 26.0 Å². The van der Waals surface area contributed by atoms with Gasteiger partial charge in [-0.1, -0.05) is 12.1 Å². The van der Waals surface area contributed by atoms with Crippen molar-refractivity contribution >= 4 is 17.6 Å². The summed E-state index contributed by atoms with van der Waals surface area (Å²) in [5, 5.41) is 11.9. The normalized spacial score (nSPS) is 15.0. The number of amides is 3. The molecule has 0 radical (unpaired) electrons. The molecule has 0 atom stereocenters. The molecule has 3 amide bonds. The van der Waals surface area contributed by atoms with Crippen molar-refractivity contribution in [3.8, 4) is 5.75 Å². The Kier molecular flexibility index (Phi) is 5.10. The summed E-state index contributed by atoms with van der Waals surface area (Å²) in [6, 6.07) is 7.05. The summed E-state index contributed by atoms with van der Waals surface area (Å²) in [4.78, 5) is 27.6. The van der Waals surface area contributed by atoms with Crippen molar-refractivity contribution in [1.82, 2.24) is 10.2 Å². The molecule has 2 N–H and O–H groups in total.